The van der Waals surface area contributed by atoms with Crippen LogP contribution in [0.3, 0.4) is 0 Å². The molecular weight excluding hydrogens is 408 g/mol. The molecule has 7 nitrogen and oxygen atoms in total. The number of hydrogen-bond donors (Lipinski definition) is 1. The van der Waals surface area contributed by atoms with Crippen LogP contribution in [0, 0.1) is 6.92 Å². The highest BCUT2D eigenvalue weighted by atomic mass is 32.2. The molecule has 0 aliphatic carbocycles. The third kappa shape index (κ3) is 6.10. The van der Waals surface area contributed by atoms with E-state index in [1.165, 1.54) is 11.3 Å². The van der Waals surface area contributed by atoms with Gasteiger partial charge in [0.05, 0.1) is 6.26 Å². The lowest BCUT2D eigenvalue weighted by Gasteiger charge is -2.22. The van der Waals surface area contributed by atoms with Crippen molar-refractivity contribution in [3.63, 3.8) is 0 Å². The number of nitrogens with one attached hydrogen (secondary N) is 1. The van der Waals surface area contributed by atoms with Crippen molar-refractivity contribution in [2.24, 2.45) is 0 Å². The molecule has 0 spiro atoms. The van der Waals surface area contributed by atoms with Gasteiger partial charge >= 0.3 is 0 Å². The summed E-state index contributed by atoms with van der Waals surface area (Å²) in [6, 6.07) is 15.8. The second kappa shape index (κ2) is 9.15. The topological polar surface area (TPSA) is 92.3 Å². The summed E-state index contributed by atoms with van der Waals surface area (Å²) in [5.74, 6) is -0.711. The Kier molecular flexibility index (Phi) is 6.60. The molecule has 0 radical (unpaired) electrons. The average Bonchev–Trinajstić information content (AvgIpc) is 3.07. The molecule has 2 aromatic heterocycles. The minimum Gasteiger partial charge on any atom is -0.343 e. The van der Waals surface area contributed by atoms with Gasteiger partial charge in [-0.25, -0.2) is 18.1 Å². The maximum atomic E-state index is 12.3. The molecule has 0 aliphatic heterocycles. The third-order valence-corrected chi connectivity index (χ3v) is 5.72. The summed E-state index contributed by atoms with van der Waals surface area (Å²) < 4.78 is 24.8. The quantitative estimate of drug-likeness (QED) is 0.591. The SMILES string of the molecule is Cc1sc(N(CCc2ccccn2)Cc2ccccc2)nc1C(=O)NS(C)(=O)=O. The van der Waals surface area contributed by atoms with E-state index >= 15 is 0 Å². The zero-order valence-electron chi connectivity index (χ0n) is 16.2. The zero-order valence-corrected chi connectivity index (χ0v) is 17.8. The molecule has 1 aromatic carbocycles. The van der Waals surface area contributed by atoms with E-state index in [1.807, 2.05) is 53.3 Å². The number of thiazole rings is 1. The van der Waals surface area contributed by atoms with Crippen molar-refractivity contribution < 1.29 is 13.2 Å². The van der Waals surface area contributed by atoms with Crippen molar-refractivity contribution >= 4 is 32.4 Å². The molecule has 0 aliphatic rings. The first-order valence-electron chi connectivity index (χ1n) is 9.00. The maximum Gasteiger partial charge on any atom is 0.284 e. The highest BCUT2D eigenvalue weighted by molar-refractivity contribution is 7.89. The van der Waals surface area contributed by atoms with E-state index in [0.717, 1.165) is 23.9 Å². The number of benzene rings is 1. The smallest absolute Gasteiger partial charge is 0.284 e. The molecule has 3 rings (SSSR count). The fraction of sp³-hybridized carbons (Fsp3) is 0.250. The molecule has 9 heteroatoms. The zero-order chi connectivity index (χ0) is 20.9. The standard InChI is InChI=1S/C20H22N4O3S2/c1-15-18(19(25)23-29(2,26)27)22-20(28-15)24(14-16-8-4-3-5-9-16)13-11-17-10-6-7-12-21-17/h3-10,12H,11,13-14H2,1-2H3,(H,23,25). The second-order valence-electron chi connectivity index (χ2n) is 6.58. The van der Waals surface area contributed by atoms with E-state index in [9.17, 15) is 13.2 Å². The van der Waals surface area contributed by atoms with Gasteiger partial charge in [0, 0.05) is 36.3 Å². The van der Waals surface area contributed by atoms with Crippen LogP contribution in [0.1, 0.15) is 26.6 Å². The number of anilines is 1. The van der Waals surface area contributed by atoms with Crippen LogP contribution < -0.4 is 9.62 Å². The predicted octanol–water partition coefficient (Wildman–Crippen LogP) is 2.79. The maximum absolute atomic E-state index is 12.3. The van der Waals surface area contributed by atoms with Crippen LogP contribution in [0.2, 0.25) is 0 Å². The van der Waals surface area contributed by atoms with Crippen LogP contribution in [0.25, 0.3) is 0 Å². The molecule has 29 heavy (non-hydrogen) atoms. The summed E-state index contributed by atoms with van der Waals surface area (Å²) >= 11 is 1.37. The predicted molar refractivity (Wildman–Crippen MR) is 115 cm³/mol. The second-order valence-corrected chi connectivity index (χ2v) is 9.51. The Hall–Kier alpha value is -2.78. The normalized spacial score (nSPS) is 11.2. The summed E-state index contributed by atoms with van der Waals surface area (Å²) in [6.07, 6.45) is 3.43. The molecule has 2 heterocycles. The first-order chi connectivity index (χ1) is 13.8. The first-order valence-corrected chi connectivity index (χ1v) is 11.7. The lowest BCUT2D eigenvalue weighted by Crippen LogP contribution is -2.30. The number of pyridine rings is 1. The molecule has 0 atom stereocenters. The van der Waals surface area contributed by atoms with Gasteiger partial charge in [-0.2, -0.15) is 0 Å². The molecule has 1 amide bonds. The number of carbonyl (C=O) groups excluding carboxylic acids is 1. The number of aryl methyl sites for hydroxylation is 1. The van der Waals surface area contributed by atoms with E-state index in [4.69, 9.17) is 0 Å². The Morgan fingerprint density at radius 1 is 1.14 bits per heavy atom. The summed E-state index contributed by atoms with van der Waals surface area (Å²) in [7, 11) is -3.65. The van der Waals surface area contributed by atoms with Crippen LogP contribution in [-0.2, 0) is 23.0 Å². The Bertz CT molecular complexity index is 1070. The third-order valence-electron chi connectivity index (χ3n) is 4.13. The number of aromatic nitrogens is 2. The number of amides is 1. The van der Waals surface area contributed by atoms with E-state index in [1.54, 1.807) is 13.1 Å². The van der Waals surface area contributed by atoms with Crippen molar-refractivity contribution in [2.75, 3.05) is 17.7 Å². The van der Waals surface area contributed by atoms with Gasteiger partial charge in [0.15, 0.2) is 5.13 Å². The van der Waals surface area contributed by atoms with E-state index < -0.39 is 15.9 Å². The van der Waals surface area contributed by atoms with Gasteiger partial charge in [0.25, 0.3) is 5.91 Å². The fourth-order valence-electron chi connectivity index (χ4n) is 2.79. The lowest BCUT2D eigenvalue weighted by atomic mass is 10.2. The van der Waals surface area contributed by atoms with E-state index in [0.29, 0.717) is 23.1 Å². The highest BCUT2D eigenvalue weighted by Crippen LogP contribution is 2.27. The summed E-state index contributed by atoms with van der Waals surface area (Å²) in [4.78, 5) is 23.8. The average molecular weight is 431 g/mol. The van der Waals surface area contributed by atoms with Gasteiger partial charge in [-0.15, -0.1) is 11.3 Å². The Balaban J connectivity index is 1.85. The number of rotatable bonds is 8. The molecule has 1 N–H and O–H groups in total. The number of hydrogen-bond acceptors (Lipinski definition) is 7. The summed E-state index contributed by atoms with van der Waals surface area (Å²) in [6.45, 7) is 3.04. The number of carbonyl (C=O) groups is 1. The fourth-order valence-corrected chi connectivity index (χ4v) is 4.15. The molecule has 152 valence electrons. The van der Waals surface area contributed by atoms with Crippen LogP contribution in [0.15, 0.2) is 54.7 Å². The Labute approximate surface area is 174 Å². The van der Waals surface area contributed by atoms with E-state index in [-0.39, 0.29) is 5.69 Å². The van der Waals surface area contributed by atoms with Gasteiger partial charge < -0.3 is 4.90 Å². The Morgan fingerprint density at radius 2 is 1.86 bits per heavy atom. The van der Waals surface area contributed by atoms with Gasteiger partial charge in [-0.1, -0.05) is 36.4 Å². The van der Waals surface area contributed by atoms with Gasteiger partial charge in [-0.05, 0) is 24.6 Å². The number of sulfonamides is 1. The molecule has 3 aromatic rings. The summed E-state index contributed by atoms with van der Waals surface area (Å²) in [5, 5.41) is 0.668. The lowest BCUT2D eigenvalue weighted by molar-refractivity contribution is 0.0977. The van der Waals surface area contributed by atoms with E-state index in [2.05, 4.69) is 14.9 Å². The molecule has 0 bridgehead atoms. The minimum atomic E-state index is -3.65. The van der Waals surface area contributed by atoms with Crippen molar-refractivity contribution in [2.45, 2.75) is 19.9 Å². The molecule has 0 unspecified atom stereocenters. The molecular formula is C20H22N4O3S2. The summed E-state index contributed by atoms with van der Waals surface area (Å²) in [5.41, 5.74) is 2.21. The largest absolute Gasteiger partial charge is 0.343 e. The minimum absolute atomic E-state index is 0.131. The molecule has 0 fully saturated rings. The van der Waals surface area contributed by atoms with Crippen LogP contribution in [0.5, 0.6) is 0 Å². The molecule has 0 saturated heterocycles. The van der Waals surface area contributed by atoms with Crippen molar-refractivity contribution in [3.8, 4) is 0 Å². The van der Waals surface area contributed by atoms with Crippen molar-refractivity contribution in [1.82, 2.24) is 14.7 Å². The van der Waals surface area contributed by atoms with Crippen molar-refractivity contribution in [1.29, 1.82) is 0 Å². The van der Waals surface area contributed by atoms with Gasteiger partial charge in [-0.3, -0.25) is 9.78 Å². The molecule has 0 saturated carbocycles. The highest BCUT2D eigenvalue weighted by Gasteiger charge is 2.21. The monoisotopic (exact) mass is 430 g/mol. The van der Waals surface area contributed by atoms with Crippen molar-refractivity contribution in [3.05, 3.63) is 76.6 Å². The Morgan fingerprint density at radius 3 is 2.52 bits per heavy atom. The van der Waals surface area contributed by atoms with Gasteiger partial charge in [0.1, 0.15) is 5.69 Å². The van der Waals surface area contributed by atoms with Crippen LogP contribution >= 0.6 is 11.3 Å². The first kappa shape index (κ1) is 20.9. The van der Waals surface area contributed by atoms with Crippen LogP contribution in [0.4, 0.5) is 5.13 Å². The number of nitrogens with zero attached hydrogens (tertiary/aromatic N) is 3. The van der Waals surface area contributed by atoms with Crippen LogP contribution in [-0.4, -0.2) is 37.1 Å². The van der Waals surface area contributed by atoms with Gasteiger partial charge in [0.2, 0.25) is 10.0 Å².